The van der Waals surface area contributed by atoms with Crippen LogP contribution in [0.5, 0.6) is 5.75 Å². The number of morpholine rings is 1. The Bertz CT molecular complexity index is 740. The zero-order valence-electron chi connectivity index (χ0n) is 13.1. The summed E-state index contributed by atoms with van der Waals surface area (Å²) in [6.07, 6.45) is 0.451. The number of nitrogens with one attached hydrogen (secondary N) is 1. The predicted octanol–water partition coefficient (Wildman–Crippen LogP) is 1.01. The fourth-order valence-electron chi connectivity index (χ4n) is 2.58. The van der Waals surface area contributed by atoms with Gasteiger partial charge in [-0.3, -0.25) is 9.89 Å². The van der Waals surface area contributed by atoms with Crippen molar-refractivity contribution in [3.05, 3.63) is 36.0 Å². The highest BCUT2D eigenvalue weighted by atomic mass is 16.5. The molecule has 1 amide bonds. The molecule has 2 N–H and O–H groups in total. The summed E-state index contributed by atoms with van der Waals surface area (Å²) in [7, 11) is 1.58. The van der Waals surface area contributed by atoms with E-state index in [1.165, 1.54) is 11.1 Å². The molecule has 8 heteroatoms. The van der Waals surface area contributed by atoms with Gasteiger partial charge < -0.3 is 19.5 Å². The number of aromatic nitrogens is 2. The maximum Gasteiger partial charge on any atom is 0.334 e. The molecule has 0 unspecified atom stereocenters. The van der Waals surface area contributed by atoms with Crippen LogP contribution in [0.1, 0.15) is 10.4 Å². The summed E-state index contributed by atoms with van der Waals surface area (Å²) < 4.78 is 10.3. The molecule has 126 valence electrons. The van der Waals surface area contributed by atoms with Crippen molar-refractivity contribution in [1.82, 2.24) is 15.1 Å². The van der Waals surface area contributed by atoms with Gasteiger partial charge >= 0.3 is 5.97 Å². The third-order valence-electron chi connectivity index (χ3n) is 3.88. The Balaban J connectivity index is 1.83. The number of benzene rings is 1. The first-order chi connectivity index (χ1) is 11.6. The third-order valence-corrected chi connectivity index (χ3v) is 3.88. The SMILES string of the molecule is COc1ccc(-c2[nH]ncc2C(=O)N2CCO[C@@H](C(=O)O)C2)cc1. The van der Waals surface area contributed by atoms with Crippen molar-refractivity contribution >= 4 is 11.9 Å². The minimum Gasteiger partial charge on any atom is -0.497 e. The second-order valence-electron chi connectivity index (χ2n) is 5.34. The summed E-state index contributed by atoms with van der Waals surface area (Å²) in [5, 5.41) is 15.8. The molecular formula is C16H17N3O5. The first kappa shape index (κ1) is 16.0. The highest BCUT2D eigenvalue weighted by Crippen LogP contribution is 2.25. The van der Waals surface area contributed by atoms with Gasteiger partial charge in [-0.05, 0) is 24.3 Å². The molecule has 3 rings (SSSR count). The van der Waals surface area contributed by atoms with Gasteiger partial charge in [-0.2, -0.15) is 5.10 Å². The Morgan fingerprint density at radius 3 is 2.79 bits per heavy atom. The average Bonchev–Trinajstić information content (AvgIpc) is 3.11. The Labute approximate surface area is 138 Å². The smallest absolute Gasteiger partial charge is 0.334 e. The van der Waals surface area contributed by atoms with Crippen molar-refractivity contribution in [1.29, 1.82) is 0 Å². The summed E-state index contributed by atoms with van der Waals surface area (Å²) in [5.41, 5.74) is 1.77. The number of aliphatic carboxylic acids is 1. The van der Waals surface area contributed by atoms with E-state index < -0.39 is 12.1 Å². The lowest BCUT2D eigenvalue weighted by Gasteiger charge is -2.30. The lowest BCUT2D eigenvalue weighted by atomic mass is 10.1. The number of amides is 1. The zero-order valence-corrected chi connectivity index (χ0v) is 13.1. The Hall–Kier alpha value is -2.87. The van der Waals surface area contributed by atoms with E-state index in [9.17, 15) is 9.59 Å². The third kappa shape index (κ3) is 3.09. The average molecular weight is 331 g/mol. The molecule has 2 aromatic rings. The minimum atomic E-state index is -1.07. The van der Waals surface area contributed by atoms with Crippen LogP contribution in [-0.2, 0) is 9.53 Å². The van der Waals surface area contributed by atoms with Crippen molar-refractivity contribution in [2.45, 2.75) is 6.10 Å². The van der Waals surface area contributed by atoms with Gasteiger partial charge in [0, 0.05) is 12.1 Å². The van der Waals surface area contributed by atoms with Gasteiger partial charge in [0.05, 0.1) is 37.7 Å². The van der Waals surface area contributed by atoms with E-state index in [1.54, 1.807) is 19.2 Å². The van der Waals surface area contributed by atoms with Crippen LogP contribution in [0.4, 0.5) is 0 Å². The summed E-state index contributed by atoms with van der Waals surface area (Å²) in [4.78, 5) is 25.3. The number of H-pyrrole nitrogens is 1. The van der Waals surface area contributed by atoms with Gasteiger partial charge in [-0.1, -0.05) is 0 Å². The van der Waals surface area contributed by atoms with Crippen LogP contribution >= 0.6 is 0 Å². The van der Waals surface area contributed by atoms with Gasteiger partial charge in [-0.25, -0.2) is 4.79 Å². The maximum atomic E-state index is 12.7. The Morgan fingerprint density at radius 1 is 1.38 bits per heavy atom. The second-order valence-corrected chi connectivity index (χ2v) is 5.34. The molecule has 1 atom stereocenters. The molecule has 0 radical (unpaired) electrons. The monoisotopic (exact) mass is 331 g/mol. The van der Waals surface area contributed by atoms with E-state index in [4.69, 9.17) is 14.6 Å². The van der Waals surface area contributed by atoms with E-state index in [0.29, 0.717) is 23.6 Å². The van der Waals surface area contributed by atoms with Crippen LogP contribution in [-0.4, -0.2) is 65.0 Å². The number of carboxylic acid groups (broad SMARTS) is 1. The zero-order chi connectivity index (χ0) is 17.1. The molecule has 0 aliphatic carbocycles. The largest absolute Gasteiger partial charge is 0.497 e. The van der Waals surface area contributed by atoms with Crippen molar-refractivity contribution in [3.8, 4) is 17.0 Å². The van der Waals surface area contributed by atoms with Gasteiger partial charge in [0.25, 0.3) is 5.91 Å². The van der Waals surface area contributed by atoms with Crippen LogP contribution < -0.4 is 4.74 Å². The fraction of sp³-hybridized carbons (Fsp3) is 0.312. The quantitative estimate of drug-likeness (QED) is 0.866. The van der Waals surface area contributed by atoms with E-state index in [2.05, 4.69) is 10.2 Å². The number of methoxy groups -OCH3 is 1. The topological polar surface area (TPSA) is 105 Å². The summed E-state index contributed by atoms with van der Waals surface area (Å²) >= 11 is 0. The molecule has 1 fully saturated rings. The van der Waals surface area contributed by atoms with Crippen molar-refractivity contribution in [3.63, 3.8) is 0 Å². The van der Waals surface area contributed by atoms with E-state index in [1.807, 2.05) is 12.1 Å². The van der Waals surface area contributed by atoms with Gasteiger partial charge in [0.1, 0.15) is 5.75 Å². The van der Waals surface area contributed by atoms with Gasteiger partial charge in [-0.15, -0.1) is 0 Å². The van der Waals surface area contributed by atoms with Crippen LogP contribution in [0, 0.1) is 0 Å². The first-order valence-corrected chi connectivity index (χ1v) is 7.41. The Morgan fingerprint density at radius 2 is 2.12 bits per heavy atom. The molecule has 1 aliphatic heterocycles. The fourth-order valence-corrected chi connectivity index (χ4v) is 2.58. The van der Waals surface area contributed by atoms with Gasteiger partial charge in [0.2, 0.25) is 0 Å². The van der Waals surface area contributed by atoms with Crippen LogP contribution in [0.2, 0.25) is 0 Å². The summed E-state index contributed by atoms with van der Waals surface area (Å²) in [5.74, 6) is -0.636. The molecule has 24 heavy (non-hydrogen) atoms. The molecule has 1 saturated heterocycles. The van der Waals surface area contributed by atoms with Crippen LogP contribution in [0.3, 0.4) is 0 Å². The molecule has 8 nitrogen and oxygen atoms in total. The predicted molar refractivity (Wildman–Crippen MR) is 83.9 cm³/mol. The number of aromatic amines is 1. The number of carboxylic acids is 1. The highest BCUT2D eigenvalue weighted by Gasteiger charge is 2.31. The van der Waals surface area contributed by atoms with Gasteiger partial charge in [0.15, 0.2) is 6.10 Å². The summed E-state index contributed by atoms with van der Waals surface area (Å²) in [6.45, 7) is 0.551. The standard InChI is InChI=1S/C16H17N3O5/c1-23-11-4-2-10(3-5-11)14-12(8-17-18-14)15(20)19-6-7-24-13(9-19)16(21)22/h2-5,8,13H,6-7,9H2,1H3,(H,17,18)(H,21,22)/t13-/m1/s1. The molecule has 1 aliphatic rings. The Kier molecular flexibility index (Phi) is 4.48. The highest BCUT2D eigenvalue weighted by molar-refractivity contribution is 6.00. The number of carbonyl (C=O) groups excluding carboxylic acids is 1. The molecule has 0 bridgehead atoms. The number of hydrogen-bond acceptors (Lipinski definition) is 5. The number of hydrogen-bond donors (Lipinski definition) is 2. The number of nitrogens with zero attached hydrogens (tertiary/aromatic N) is 2. The lowest BCUT2D eigenvalue weighted by molar-refractivity contribution is -0.154. The second kappa shape index (κ2) is 6.71. The van der Waals surface area contributed by atoms with E-state index >= 15 is 0 Å². The van der Waals surface area contributed by atoms with Crippen molar-refractivity contribution in [2.75, 3.05) is 26.8 Å². The van der Waals surface area contributed by atoms with Crippen LogP contribution in [0.15, 0.2) is 30.5 Å². The molecular weight excluding hydrogens is 314 g/mol. The first-order valence-electron chi connectivity index (χ1n) is 7.41. The number of carbonyl (C=O) groups is 2. The summed E-state index contributed by atoms with van der Waals surface area (Å²) in [6, 6.07) is 7.23. The van der Waals surface area contributed by atoms with Crippen molar-refractivity contribution < 1.29 is 24.2 Å². The number of rotatable bonds is 4. The molecule has 2 heterocycles. The molecule has 1 aromatic carbocycles. The normalized spacial score (nSPS) is 17.5. The maximum absolute atomic E-state index is 12.7. The minimum absolute atomic E-state index is 0.0153. The van der Waals surface area contributed by atoms with Crippen LogP contribution in [0.25, 0.3) is 11.3 Å². The molecule has 1 aromatic heterocycles. The van der Waals surface area contributed by atoms with E-state index in [-0.39, 0.29) is 19.1 Å². The van der Waals surface area contributed by atoms with E-state index in [0.717, 1.165) is 5.56 Å². The van der Waals surface area contributed by atoms with Crippen molar-refractivity contribution in [2.24, 2.45) is 0 Å². The lowest BCUT2D eigenvalue weighted by Crippen LogP contribution is -2.48. The number of ether oxygens (including phenoxy) is 2. The molecule has 0 spiro atoms. The molecule has 0 saturated carbocycles.